The number of rotatable bonds is 4. The maximum atomic E-state index is 13.2. The van der Waals surface area contributed by atoms with E-state index >= 15 is 0 Å². The summed E-state index contributed by atoms with van der Waals surface area (Å²) >= 11 is 0. The lowest BCUT2D eigenvalue weighted by atomic mass is 10.0. The summed E-state index contributed by atoms with van der Waals surface area (Å²) in [4.78, 5) is 31.9. The van der Waals surface area contributed by atoms with Gasteiger partial charge >= 0.3 is 0 Å². The van der Waals surface area contributed by atoms with Crippen molar-refractivity contribution >= 4 is 28.8 Å². The third kappa shape index (κ3) is 3.21. The number of aromatic nitrogens is 3. The maximum absolute atomic E-state index is 13.2. The first-order valence-electron chi connectivity index (χ1n) is 11.3. The molecule has 2 aromatic heterocycles. The summed E-state index contributed by atoms with van der Waals surface area (Å²) in [6.07, 6.45) is 5.72. The van der Waals surface area contributed by atoms with Gasteiger partial charge in [-0.25, -0.2) is 9.50 Å². The molecule has 2 N–H and O–H groups in total. The van der Waals surface area contributed by atoms with E-state index in [9.17, 15) is 9.59 Å². The molecule has 3 aromatic rings. The van der Waals surface area contributed by atoms with Crippen molar-refractivity contribution in [3.8, 4) is 5.75 Å². The Morgan fingerprint density at radius 3 is 2.76 bits per heavy atom. The van der Waals surface area contributed by atoms with Crippen molar-refractivity contribution < 1.29 is 14.3 Å². The monoisotopic (exact) mass is 446 g/mol. The van der Waals surface area contributed by atoms with Gasteiger partial charge in [0.1, 0.15) is 16.9 Å². The van der Waals surface area contributed by atoms with Crippen LogP contribution in [0.25, 0.3) is 5.65 Å². The first kappa shape index (κ1) is 20.0. The van der Waals surface area contributed by atoms with Gasteiger partial charge in [0.05, 0.1) is 17.6 Å². The Balaban J connectivity index is 1.32. The molecule has 0 radical (unpaired) electrons. The lowest BCUT2D eigenvalue weighted by Crippen LogP contribution is -2.30. The predicted octanol–water partition coefficient (Wildman–Crippen LogP) is 2.12. The summed E-state index contributed by atoms with van der Waals surface area (Å²) < 4.78 is 7.76. The molecule has 6 rings (SSSR count). The van der Waals surface area contributed by atoms with Gasteiger partial charge in [-0.3, -0.25) is 9.59 Å². The number of hydrogen-bond donors (Lipinski definition) is 2. The van der Waals surface area contributed by atoms with Crippen LogP contribution in [0.3, 0.4) is 0 Å². The number of carbonyl (C=O) groups is 2. The van der Waals surface area contributed by atoms with Crippen LogP contribution in [0.1, 0.15) is 29.8 Å². The molecule has 2 amide bonds. The van der Waals surface area contributed by atoms with Crippen LogP contribution in [0.4, 0.5) is 11.4 Å². The average Bonchev–Trinajstić information content (AvgIpc) is 3.14. The molecular weight excluding hydrogens is 420 g/mol. The van der Waals surface area contributed by atoms with Crippen molar-refractivity contribution in [1.82, 2.24) is 19.9 Å². The normalized spacial score (nSPS) is 24.2. The molecule has 33 heavy (non-hydrogen) atoms. The summed E-state index contributed by atoms with van der Waals surface area (Å²) in [6, 6.07) is 5.83. The Labute approximate surface area is 191 Å². The van der Waals surface area contributed by atoms with E-state index in [1.807, 2.05) is 12.1 Å². The summed E-state index contributed by atoms with van der Waals surface area (Å²) in [6.45, 7) is 5.70. The van der Waals surface area contributed by atoms with Crippen molar-refractivity contribution in [2.24, 2.45) is 17.8 Å². The van der Waals surface area contributed by atoms with Crippen LogP contribution < -0.4 is 20.3 Å². The highest BCUT2D eigenvalue weighted by molar-refractivity contribution is 6.09. The fraction of sp³-hybridized carbons (Fsp3) is 0.417. The summed E-state index contributed by atoms with van der Waals surface area (Å²) in [5, 5.41) is 10.1. The van der Waals surface area contributed by atoms with E-state index in [-0.39, 0.29) is 23.3 Å². The number of amides is 2. The van der Waals surface area contributed by atoms with Crippen molar-refractivity contribution in [1.29, 1.82) is 0 Å². The highest BCUT2D eigenvalue weighted by Crippen LogP contribution is 2.54. The van der Waals surface area contributed by atoms with Crippen molar-refractivity contribution in [2.45, 2.75) is 25.9 Å². The second-order valence-electron chi connectivity index (χ2n) is 9.79. The molecule has 1 saturated heterocycles. The number of nitrogens with one attached hydrogen (secondary N) is 2. The van der Waals surface area contributed by atoms with E-state index < -0.39 is 0 Å². The molecule has 4 heterocycles. The first-order chi connectivity index (χ1) is 15.8. The van der Waals surface area contributed by atoms with E-state index in [2.05, 4.69) is 39.5 Å². The molecule has 9 heteroatoms. The minimum Gasteiger partial charge on any atom is -0.487 e. The summed E-state index contributed by atoms with van der Waals surface area (Å²) in [7, 11) is 1.69. The lowest BCUT2D eigenvalue weighted by molar-refractivity contribution is -0.122. The van der Waals surface area contributed by atoms with Gasteiger partial charge in [0.2, 0.25) is 5.91 Å². The standard InChI is InChI=1S/C24H26N6O3/c1-24(2)9-13-7-17(28-22(31)14-10-27-30-6-4-5-26-21(14)30)18(8-19(13)33-24)29-11-15-16(12-29)20(15)23(32)25-3/h4-8,10,15-16,20H,9,11-12H2,1-3H3,(H,25,32)(H,28,31)/t15-,16+,20-. The largest absolute Gasteiger partial charge is 0.487 e. The van der Waals surface area contributed by atoms with Crippen LogP contribution in [0.5, 0.6) is 5.75 Å². The molecule has 170 valence electrons. The molecule has 0 spiro atoms. The van der Waals surface area contributed by atoms with Crippen molar-refractivity contribution in [3.63, 3.8) is 0 Å². The summed E-state index contributed by atoms with van der Waals surface area (Å²) in [5.74, 6) is 1.52. The number of fused-ring (bicyclic) bond motifs is 3. The van der Waals surface area contributed by atoms with E-state index in [4.69, 9.17) is 4.74 Å². The lowest BCUT2D eigenvalue weighted by Gasteiger charge is -2.25. The quantitative estimate of drug-likeness (QED) is 0.637. The van der Waals surface area contributed by atoms with Crippen molar-refractivity contribution in [3.05, 3.63) is 47.9 Å². The average molecular weight is 447 g/mol. The van der Waals surface area contributed by atoms with Crippen molar-refractivity contribution in [2.75, 3.05) is 30.4 Å². The van der Waals surface area contributed by atoms with Gasteiger partial charge in [-0.1, -0.05) is 0 Å². The number of carbonyl (C=O) groups excluding carboxylic acids is 2. The zero-order valence-electron chi connectivity index (χ0n) is 18.8. The van der Waals surface area contributed by atoms with E-state index in [0.717, 1.165) is 42.2 Å². The number of piperidine rings is 1. The minimum atomic E-state index is -0.286. The number of nitrogens with zero attached hydrogens (tertiary/aromatic N) is 4. The van der Waals surface area contributed by atoms with Crippen LogP contribution >= 0.6 is 0 Å². The number of anilines is 2. The molecule has 9 nitrogen and oxygen atoms in total. The highest BCUT2D eigenvalue weighted by Gasteiger charge is 2.59. The topological polar surface area (TPSA) is 101 Å². The van der Waals surface area contributed by atoms with E-state index in [0.29, 0.717) is 23.0 Å². The predicted molar refractivity (Wildman–Crippen MR) is 123 cm³/mol. The first-order valence-corrected chi connectivity index (χ1v) is 11.3. The highest BCUT2D eigenvalue weighted by atomic mass is 16.5. The Morgan fingerprint density at radius 2 is 2.00 bits per heavy atom. The van der Waals surface area contributed by atoms with Crippen LogP contribution in [0, 0.1) is 17.8 Å². The number of ether oxygens (including phenoxy) is 1. The van der Waals surface area contributed by atoms with Crippen LogP contribution in [0.15, 0.2) is 36.8 Å². The Hall–Kier alpha value is -3.62. The molecule has 2 fully saturated rings. The number of hydrogen-bond acceptors (Lipinski definition) is 6. The molecule has 3 aliphatic rings. The molecule has 3 atom stereocenters. The molecule has 1 aliphatic carbocycles. The fourth-order valence-electron chi connectivity index (χ4n) is 5.46. The Kier molecular flexibility index (Phi) is 4.21. The maximum Gasteiger partial charge on any atom is 0.261 e. The van der Waals surface area contributed by atoms with Crippen LogP contribution in [0.2, 0.25) is 0 Å². The SMILES string of the molecule is CNC(=O)[C@@H]1[C@@H]2CN(c3cc4c(cc3NC(=O)c3cnn5cccnc35)CC(C)(C)O4)C[C@@H]21. The fourth-order valence-corrected chi connectivity index (χ4v) is 5.46. The Morgan fingerprint density at radius 1 is 1.21 bits per heavy atom. The van der Waals surface area contributed by atoms with Gasteiger partial charge in [-0.2, -0.15) is 5.10 Å². The third-order valence-corrected chi connectivity index (χ3v) is 7.04. The van der Waals surface area contributed by atoms with Gasteiger partial charge in [-0.15, -0.1) is 0 Å². The zero-order chi connectivity index (χ0) is 22.9. The molecule has 1 saturated carbocycles. The second kappa shape index (κ2) is 6.94. The van der Waals surface area contributed by atoms with Gasteiger partial charge in [0.15, 0.2) is 5.65 Å². The second-order valence-corrected chi connectivity index (χ2v) is 9.79. The van der Waals surface area contributed by atoms with Crippen LogP contribution in [-0.4, -0.2) is 52.2 Å². The minimum absolute atomic E-state index is 0.0961. The zero-order valence-corrected chi connectivity index (χ0v) is 18.8. The van der Waals surface area contributed by atoms with Gasteiger partial charge in [0, 0.05) is 56.5 Å². The molecule has 1 aromatic carbocycles. The van der Waals surface area contributed by atoms with Gasteiger partial charge in [-0.05, 0) is 37.8 Å². The third-order valence-electron chi connectivity index (χ3n) is 7.04. The summed E-state index contributed by atoms with van der Waals surface area (Å²) in [5.41, 5.74) is 3.39. The molecule has 0 bridgehead atoms. The molecular formula is C24H26N6O3. The van der Waals surface area contributed by atoms with E-state index in [1.165, 1.54) is 6.20 Å². The smallest absolute Gasteiger partial charge is 0.261 e. The van der Waals surface area contributed by atoms with Crippen LogP contribution in [-0.2, 0) is 11.2 Å². The Bertz CT molecular complexity index is 1290. The van der Waals surface area contributed by atoms with Gasteiger partial charge in [0.25, 0.3) is 5.91 Å². The molecule has 2 aliphatic heterocycles. The number of benzene rings is 1. The van der Waals surface area contributed by atoms with Gasteiger partial charge < -0.3 is 20.3 Å². The molecule has 0 unspecified atom stereocenters. The van der Waals surface area contributed by atoms with E-state index in [1.54, 1.807) is 30.0 Å².